The Balaban J connectivity index is 1.84. The van der Waals surface area contributed by atoms with Crippen LogP contribution in [0.2, 0.25) is 0 Å². The molecule has 8 nitrogen and oxygen atoms in total. The van der Waals surface area contributed by atoms with Crippen molar-refractivity contribution in [3.8, 4) is 17.2 Å². The Morgan fingerprint density at radius 3 is 2.35 bits per heavy atom. The normalized spacial score (nSPS) is 10.8. The monoisotopic (exact) mass is 491 g/mol. The average molecular weight is 492 g/mol. The third-order valence-corrected chi connectivity index (χ3v) is 4.55. The van der Waals surface area contributed by atoms with E-state index < -0.39 is 0 Å². The van der Waals surface area contributed by atoms with Gasteiger partial charge in [-0.25, -0.2) is 5.43 Å². The van der Waals surface area contributed by atoms with Crippen LogP contribution in [-0.4, -0.2) is 38.4 Å². The molecule has 9 heteroatoms. The zero-order valence-electron chi connectivity index (χ0n) is 17.9. The van der Waals surface area contributed by atoms with Crippen LogP contribution in [-0.2, 0) is 9.59 Å². The number of methoxy groups -OCH3 is 2. The van der Waals surface area contributed by atoms with Gasteiger partial charge in [0.1, 0.15) is 5.75 Å². The largest absolute Gasteiger partial charge is 0.497 e. The SMILES string of the molecule is COc1ccc(NC(=O)CCC(=O)NN=Cc2cc(Br)c(OC(C)C)c(OC)c2)cc1. The number of halogens is 1. The highest BCUT2D eigenvalue weighted by molar-refractivity contribution is 9.10. The van der Waals surface area contributed by atoms with Crippen molar-refractivity contribution in [3.63, 3.8) is 0 Å². The molecule has 0 aliphatic heterocycles. The number of hydrogen-bond acceptors (Lipinski definition) is 6. The summed E-state index contributed by atoms with van der Waals surface area (Å²) in [4.78, 5) is 24.0. The molecule has 2 aromatic rings. The molecule has 0 bridgehead atoms. The van der Waals surface area contributed by atoms with E-state index in [1.165, 1.54) is 6.21 Å². The summed E-state index contributed by atoms with van der Waals surface area (Å²) in [5.41, 5.74) is 3.75. The number of ether oxygens (including phenoxy) is 3. The highest BCUT2D eigenvalue weighted by Crippen LogP contribution is 2.36. The third-order valence-electron chi connectivity index (χ3n) is 3.96. The Morgan fingerprint density at radius 2 is 1.74 bits per heavy atom. The fourth-order valence-electron chi connectivity index (χ4n) is 2.52. The zero-order chi connectivity index (χ0) is 22.8. The first kappa shape index (κ1) is 24.2. The van der Waals surface area contributed by atoms with Crippen molar-refractivity contribution in [1.29, 1.82) is 0 Å². The molecule has 2 rings (SSSR count). The summed E-state index contributed by atoms with van der Waals surface area (Å²) in [5.74, 6) is 1.21. The second-order valence-electron chi connectivity index (χ2n) is 6.77. The lowest BCUT2D eigenvalue weighted by Crippen LogP contribution is -2.20. The van der Waals surface area contributed by atoms with Crippen LogP contribution in [0.1, 0.15) is 32.3 Å². The van der Waals surface area contributed by atoms with Crippen molar-refractivity contribution in [1.82, 2.24) is 5.43 Å². The van der Waals surface area contributed by atoms with Gasteiger partial charge in [-0.3, -0.25) is 9.59 Å². The third kappa shape index (κ3) is 7.93. The molecule has 31 heavy (non-hydrogen) atoms. The number of carbonyl (C=O) groups excluding carboxylic acids is 2. The minimum Gasteiger partial charge on any atom is -0.497 e. The van der Waals surface area contributed by atoms with Gasteiger partial charge in [-0.05, 0) is 71.7 Å². The Morgan fingerprint density at radius 1 is 1.06 bits per heavy atom. The van der Waals surface area contributed by atoms with Crippen LogP contribution in [0.3, 0.4) is 0 Å². The van der Waals surface area contributed by atoms with Crippen LogP contribution in [0.4, 0.5) is 5.69 Å². The molecule has 166 valence electrons. The molecule has 0 saturated carbocycles. The molecule has 0 atom stereocenters. The molecular formula is C22H26BrN3O5. The summed E-state index contributed by atoms with van der Waals surface area (Å²) in [6, 6.07) is 10.5. The van der Waals surface area contributed by atoms with Gasteiger partial charge >= 0.3 is 0 Å². The van der Waals surface area contributed by atoms with Crippen LogP contribution >= 0.6 is 15.9 Å². The Kier molecular flexibility index (Phi) is 9.33. The first-order valence-electron chi connectivity index (χ1n) is 9.62. The topological polar surface area (TPSA) is 98.2 Å². The van der Waals surface area contributed by atoms with Crippen LogP contribution in [0.15, 0.2) is 46.0 Å². The lowest BCUT2D eigenvalue weighted by molar-refractivity contribution is -0.124. The van der Waals surface area contributed by atoms with E-state index in [4.69, 9.17) is 14.2 Å². The summed E-state index contributed by atoms with van der Waals surface area (Å²) in [7, 11) is 3.12. The Labute approximate surface area is 190 Å². The summed E-state index contributed by atoms with van der Waals surface area (Å²) in [5, 5.41) is 6.67. The van der Waals surface area contributed by atoms with E-state index in [1.54, 1.807) is 50.6 Å². The summed E-state index contributed by atoms with van der Waals surface area (Å²) < 4.78 is 16.9. The lowest BCUT2D eigenvalue weighted by atomic mass is 10.2. The van der Waals surface area contributed by atoms with E-state index in [-0.39, 0.29) is 30.8 Å². The van der Waals surface area contributed by atoms with E-state index in [9.17, 15) is 9.59 Å². The van der Waals surface area contributed by atoms with Crippen molar-refractivity contribution in [3.05, 3.63) is 46.4 Å². The quantitative estimate of drug-likeness (QED) is 0.384. The number of nitrogens with zero attached hydrogens (tertiary/aromatic N) is 1. The van der Waals surface area contributed by atoms with Crippen molar-refractivity contribution in [2.45, 2.75) is 32.8 Å². The van der Waals surface area contributed by atoms with Crippen LogP contribution in [0.25, 0.3) is 0 Å². The number of amides is 2. The maximum Gasteiger partial charge on any atom is 0.240 e. The smallest absolute Gasteiger partial charge is 0.240 e. The highest BCUT2D eigenvalue weighted by Gasteiger charge is 2.13. The second kappa shape index (κ2) is 11.9. The van der Waals surface area contributed by atoms with Crippen LogP contribution < -0.4 is 25.0 Å². The molecule has 0 unspecified atom stereocenters. The molecule has 0 aromatic heterocycles. The number of anilines is 1. The van der Waals surface area contributed by atoms with Gasteiger partial charge in [-0.15, -0.1) is 0 Å². The van der Waals surface area contributed by atoms with Crippen LogP contribution in [0, 0.1) is 0 Å². The maximum absolute atomic E-state index is 12.0. The molecule has 0 aliphatic rings. The van der Waals surface area contributed by atoms with Crippen molar-refractivity contribution in [2.24, 2.45) is 5.10 Å². The van der Waals surface area contributed by atoms with Crippen molar-refractivity contribution in [2.75, 3.05) is 19.5 Å². The Hall–Kier alpha value is -3.07. The first-order valence-corrected chi connectivity index (χ1v) is 10.4. The zero-order valence-corrected chi connectivity index (χ0v) is 19.5. The predicted molar refractivity (Wildman–Crippen MR) is 123 cm³/mol. The van der Waals surface area contributed by atoms with E-state index in [1.807, 2.05) is 13.8 Å². The lowest BCUT2D eigenvalue weighted by Gasteiger charge is -2.15. The van der Waals surface area contributed by atoms with Crippen LogP contribution in [0.5, 0.6) is 17.2 Å². The van der Waals surface area contributed by atoms with E-state index in [0.29, 0.717) is 33.0 Å². The molecule has 0 saturated heterocycles. The average Bonchev–Trinajstić information content (AvgIpc) is 2.74. The molecular weight excluding hydrogens is 466 g/mol. The molecule has 0 radical (unpaired) electrons. The van der Waals surface area contributed by atoms with Gasteiger partial charge in [0.15, 0.2) is 11.5 Å². The summed E-state index contributed by atoms with van der Waals surface area (Å²) in [6.45, 7) is 3.85. The maximum atomic E-state index is 12.0. The van der Waals surface area contributed by atoms with Crippen molar-refractivity contribution >= 4 is 39.6 Å². The number of hydrogen-bond donors (Lipinski definition) is 2. The van der Waals surface area contributed by atoms with E-state index in [2.05, 4.69) is 31.8 Å². The number of carbonyl (C=O) groups is 2. The van der Waals surface area contributed by atoms with E-state index in [0.717, 1.165) is 0 Å². The number of benzene rings is 2. The predicted octanol–water partition coefficient (Wildman–Crippen LogP) is 4.12. The van der Waals surface area contributed by atoms with Gasteiger partial charge in [0.25, 0.3) is 0 Å². The van der Waals surface area contributed by atoms with E-state index >= 15 is 0 Å². The van der Waals surface area contributed by atoms with Gasteiger partial charge in [0.2, 0.25) is 11.8 Å². The van der Waals surface area contributed by atoms with Gasteiger partial charge in [-0.1, -0.05) is 0 Å². The summed E-state index contributed by atoms with van der Waals surface area (Å²) >= 11 is 3.46. The van der Waals surface area contributed by atoms with Gasteiger partial charge < -0.3 is 19.5 Å². The number of rotatable bonds is 10. The second-order valence-corrected chi connectivity index (χ2v) is 7.62. The van der Waals surface area contributed by atoms with Gasteiger partial charge in [-0.2, -0.15) is 5.10 Å². The van der Waals surface area contributed by atoms with Gasteiger partial charge in [0, 0.05) is 18.5 Å². The van der Waals surface area contributed by atoms with Gasteiger partial charge in [0.05, 0.1) is 31.0 Å². The minimum absolute atomic E-state index is 0.00745. The standard InChI is InChI=1S/C22H26BrN3O5/c1-14(2)31-22-18(23)11-15(12-19(22)30-4)13-24-26-21(28)10-9-20(27)25-16-5-7-17(29-3)8-6-16/h5-8,11-14H,9-10H2,1-4H3,(H,25,27)(H,26,28). The Bertz CT molecular complexity index is 929. The fraction of sp³-hybridized carbons (Fsp3) is 0.318. The number of nitrogens with one attached hydrogen (secondary N) is 2. The first-order chi connectivity index (χ1) is 14.8. The molecule has 0 aliphatic carbocycles. The molecule has 2 aromatic carbocycles. The molecule has 2 amide bonds. The van der Waals surface area contributed by atoms with Crippen molar-refractivity contribution < 1.29 is 23.8 Å². The molecule has 0 heterocycles. The number of hydrazone groups is 1. The molecule has 0 spiro atoms. The molecule has 2 N–H and O–H groups in total. The summed E-state index contributed by atoms with van der Waals surface area (Å²) in [6.07, 6.45) is 1.52. The highest BCUT2D eigenvalue weighted by atomic mass is 79.9. The minimum atomic E-state index is -0.369. The fourth-order valence-corrected chi connectivity index (χ4v) is 3.08. The molecule has 0 fully saturated rings.